The number of aromatic hydroxyl groups is 2. The first-order valence-corrected chi connectivity index (χ1v) is 5.02. The highest BCUT2D eigenvalue weighted by Crippen LogP contribution is 2.31. The van der Waals surface area contributed by atoms with Crippen LogP contribution in [0.5, 0.6) is 11.5 Å². The number of benzene rings is 1. The van der Waals surface area contributed by atoms with Gasteiger partial charge in [0.05, 0.1) is 5.56 Å². The monoisotopic (exact) mass is 222 g/mol. The molecule has 16 heavy (non-hydrogen) atoms. The second kappa shape index (κ2) is 5.21. The number of carbonyl (C=O) groups is 1. The third kappa shape index (κ3) is 2.53. The Morgan fingerprint density at radius 3 is 2.62 bits per heavy atom. The second-order valence-corrected chi connectivity index (χ2v) is 3.39. The van der Waals surface area contributed by atoms with E-state index < -0.39 is 11.7 Å². The van der Waals surface area contributed by atoms with E-state index in [0.29, 0.717) is 0 Å². The van der Waals surface area contributed by atoms with Crippen LogP contribution in [0.25, 0.3) is 6.08 Å². The summed E-state index contributed by atoms with van der Waals surface area (Å²) >= 11 is 0. The molecule has 0 bridgehead atoms. The molecule has 0 atom stereocenters. The topological polar surface area (TPSA) is 77.8 Å². The number of unbranched alkanes of at least 4 members (excludes halogenated alkanes) is 1. The Labute approximate surface area is 93.5 Å². The van der Waals surface area contributed by atoms with Gasteiger partial charge in [-0.05, 0) is 18.6 Å². The Balaban J connectivity index is 3.16. The molecule has 4 nitrogen and oxygen atoms in total. The summed E-state index contributed by atoms with van der Waals surface area (Å²) in [6.45, 7) is 2.00. The maximum absolute atomic E-state index is 10.7. The predicted octanol–water partition coefficient (Wildman–Crippen LogP) is 2.61. The number of hydrogen-bond acceptors (Lipinski definition) is 3. The van der Waals surface area contributed by atoms with Crippen molar-refractivity contribution in [1.82, 2.24) is 0 Å². The molecule has 0 aromatic heterocycles. The number of hydrogen-bond donors (Lipinski definition) is 3. The molecule has 0 spiro atoms. The van der Waals surface area contributed by atoms with E-state index in [1.54, 1.807) is 6.08 Å². The summed E-state index contributed by atoms with van der Waals surface area (Å²) in [5.41, 5.74) is -0.0673. The lowest BCUT2D eigenvalue weighted by Crippen LogP contribution is -1.97. The summed E-state index contributed by atoms with van der Waals surface area (Å²) in [7, 11) is 0. The van der Waals surface area contributed by atoms with Crippen LogP contribution < -0.4 is 0 Å². The summed E-state index contributed by atoms with van der Waals surface area (Å²) in [4.78, 5) is 10.7. The van der Waals surface area contributed by atoms with E-state index in [9.17, 15) is 15.0 Å². The van der Waals surface area contributed by atoms with Gasteiger partial charge in [-0.3, -0.25) is 0 Å². The fourth-order valence-corrected chi connectivity index (χ4v) is 1.30. The molecule has 0 unspecified atom stereocenters. The molecule has 0 fully saturated rings. The van der Waals surface area contributed by atoms with Crippen molar-refractivity contribution in [1.29, 1.82) is 0 Å². The molecule has 0 amide bonds. The number of rotatable bonds is 4. The largest absolute Gasteiger partial charge is 0.507 e. The van der Waals surface area contributed by atoms with Crippen molar-refractivity contribution in [2.75, 3.05) is 0 Å². The van der Waals surface area contributed by atoms with Crippen LogP contribution in [0.4, 0.5) is 0 Å². The van der Waals surface area contributed by atoms with E-state index in [4.69, 9.17) is 5.11 Å². The highest BCUT2D eigenvalue weighted by molar-refractivity contribution is 5.93. The fraction of sp³-hybridized carbons (Fsp3) is 0.250. The summed E-state index contributed by atoms with van der Waals surface area (Å²) in [6.07, 6.45) is 5.05. The van der Waals surface area contributed by atoms with Gasteiger partial charge in [0.15, 0.2) is 0 Å². The zero-order valence-electron chi connectivity index (χ0n) is 8.97. The number of phenols is 2. The van der Waals surface area contributed by atoms with Gasteiger partial charge in [0.25, 0.3) is 0 Å². The van der Waals surface area contributed by atoms with Crippen molar-refractivity contribution in [3.05, 3.63) is 29.3 Å². The third-order valence-electron chi connectivity index (χ3n) is 2.16. The Morgan fingerprint density at radius 1 is 1.38 bits per heavy atom. The van der Waals surface area contributed by atoms with Gasteiger partial charge in [0, 0.05) is 0 Å². The molecular weight excluding hydrogens is 208 g/mol. The van der Waals surface area contributed by atoms with Crippen LogP contribution in [0, 0.1) is 0 Å². The Hall–Kier alpha value is -1.97. The molecule has 0 aliphatic carbocycles. The van der Waals surface area contributed by atoms with Crippen molar-refractivity contribution in [2.24, 2.45) is 0 Å². The third-order valence-corrected chi connectivity index (χ3v) is 2.16. The van der Waals surface area contributed by atoms with E-state index >= 15 is 0 Å². The molecule has 0 saturated heterocycles. The van der Waals surface area contributed by atoms with Crippen molar-refractivity contribution in [2.45, 2.75) is 19.8 Å². The van der Waals surface area contributed by atoms with Crippen LogP contribution in [-0.4, -0.2) is 21.3 Å². The number of phenolic OH excluding ortho intramolecular Hbond substituents is 1. The minimum absolute atomic E-state index is 0.130. The number of aromatic carboxylic acids is 1. The molecule has 4 heteroatoms. The highest BCUT2D eigenvalue weighted by atomic mass is 16.4. The SMILES string of the molecule is CCC/C=C/c1c(O)ccc(C(=O)O)c1O. The van der Waals surface area contributed by atoms with Crippen LogP contribution in [0.15, 0.2) is 18.2 Å². The fourth-order valence-electron chi connectivity index (χ4n) is 1.30. The molecule has 1 aromatic rings. The summed E-state index contributed by atoms with van der Waals surface area (Å²) in [5.74, 6) is -1.75. The number of carboxylic acid groups (broad SMARTS) is 1. The van der Waals surface area contributed by atoms with Gasteiger partial charge in [-0.1, -0.05) is 25.5 Å². The molecule has 3 N–H and O–H groups in total. The molecule has 1 rings (SSSR count). The first-order valence-electron chi connectivity index (χ1n) is 5.02. The Bertz CT molecular complexity index is 421. The zero-order chi connectivity index (χ0) is 12.1. The summed E-state index contributed by atoms with van der Waals surface area (Å²) in [5, 5.41) is 27.9. The van der Waals surface area contributed by atoms with E-state index in [1.165, 1.54) is 18.2 Å². The van der Waals surface area contributed by atoms with Gasteiger partial charge < -0.3 is 15.3 Å². The maximum Gasteiger partial charge on any atom is 0.339 e. The van der Waals surface area contributed by atoms with Gasteiger partial charge in [0.2, 0.25) is 0 Å². The average molecular weight is 222 g/mol. The Morgan fingerprint density at radius 2 is 2.06 bits per heavy atom. The zero-order valence-corrected chi connectivity index (χ0v) is 8.97. The quantitative estimate of drug-likeness (QED) is 0.731. The molecule has 0 heterocycles. The lowest BCUT2D eigenvalue weighted by molar-refractivity contribution is 0.0693. The first-order chi connectivity index (χ1) is 7.57. The summed E-state index contributed by atoms with van der Waals surface area (Å²) in [6, 6.07) is 2.43. The maximum atomic E-state index is 10.7. The van der Waals surface area contributed by atoms with Crippen LogP contribution in [0.3, 0.4) is 0 Å². The van der Waals surface area contributed by atoms with Crippen LogP contribution in [0.1, 0.15) is 35.7 Å². The normalized spacial score (nSPS) is 10.8. The van der Waals surface area contributed by atoms with Crippen LogP contribution in [0.2, 0.25) is 0 Å². The minimum atomic E-state index is -1.22. The molecular formula is C12H14O4. The lowest BCUT2D eigenvalue weighted by atomic mass is 10.1. The van der Waals surface area contributed by atoms with E-state index in [-0.39, 0.29) is 16.9 Å². The predicted molar refractivity (Wildman–Crippen MR) is 60.7 cm³/mol. The van der Waals surface area contributed by atoms with Crippen LogP contribution in [-0.2, 0) is 0 Å². The summed E-state index contributed by atoms with van der Waals surface area (Å²) < 4.78 is 0. The Kier molecular flexibility index (Phi) is 3.94. The first kappa shape index (κ1) is 12.1. The van der Waals surface area contributed by atoms with Crippen molar-refractivity contribution in [3.8, 4) is 11.5 Å². The molecule has 0 radical (unpaired) electrons. The average Bonchev–Trinajstić information content (AvgIpc) is 2.22. The van der Waals surface area contributed by atoms with E-state index in [0.717, 1.165) is 12.8 Å². The van der Waals surface area contributed by atoms with Crippen molar-refractivity contribution >= 4 is 12.0 Å². The standard InChI is InChI=1S/C12H14O4/c1-2-3-4-5-8-10(13)7-6-9(11(8)14)12(15)16/h4-7,13-14H,2-3H2,1H3,(H,15,16)/b5-4+. The smallest absolute Gasteiger partial charge is 0.339 e. The molecule has 86 valence electrons. The van der Waals surface area contributed by atoms with Gasteiger partial charge in [-0.25, -0.2) is 4.79 Å². The second-order valence-electron chi connectivity index (χ2n) is 3.39. The molecule has 1 aromatic carbocycles. The van der Waals surface area contributed by atoms with Gasteiger partial charge in [-0.15, -0.1) is 0 Å². The lowest BCUT2D eigenvalue weighted by Gasteiger charge is -2.05. The van der Waals surface area contributed by atoms with Crippen LogP contribution >= 0.6 is 0 Å². The number of allylic oxidation sites excluding steroid dienone is 1. The van der Waals surface area contributed by atoms with Crippen molar-refractivity contribution in [3.63, 3.8) is 0 Å². The van der Waals surface area contributed by atoms with E-state index in [2.05, 4.69) is 0 Å². The van der Waals surface area contributed by atoms with Crippen molar-refractivity contribution < 1.29 is 20.1 Å². The minimum Gasteiger partial charge on any atom is -0.507 e. The van der Waals surface area contributed by atoms with Gasteiger partial charge >= 0.3 is 5.97 Å². The van der Waals surface area contributed by atoms with E-state index in [1.807, 2.05) is 6.92 Å². The molecule has 0 aliphatic heterocycles. The molecule has 0 aliphatic rings. The molecule has 0 saturated carbocycles. The van der Waals surface area contributed by atoms with Gasteiger partial charge in [0.1, 0.15) is 17.1 Å². The number of carboxylic acids is 1. The highest BCUT2D eigenvalue weighted by Gasteiger charge is 2.14. The van der Waals surface area contributed by atoms with Gasteiger partial charge in [-0.2, -0.15) is 0 Å².